The van der Waals surface area contributed by atoms with Gasteiger partial charge in [-0.15, -0.1) is 0 Å². The molecule has 0 aromatic heterocycles. The van der Waals surface area contributed by atoms with Crippen molar-refractivity contribution in [2.75, 3.05) is 6.61 Å². The molecule has 0 amide bonds. The van der Waals surface area contributed by atoms with Crippen molar-refractivity contribution in [3.05, 3.63) is 29.8 Å². The van der Waals surface area contributed by atoms with Gasteiger partial charge in [0.1, 0.15) is 11.5 Å². The van der Waals surface area contributed by atoms with Crippen molar-refractivity contribution >= 4 is 5.78 Å². The van der Waals surface area contributed by atoms with Crippen molar-refractivity contribution in [1.29, 1.82) is 0 Å². The lowest BCUT2D eigenvalue weighted by molar-refractivity contribution is -0.124. The summed E-state index contributed by atoms with van der Waals surface area (Å²) in [5.74, 6) is 0.527. The van der Waals surface area contributed by atoms with Gasteiger partial charge >= 0.3 is 0 Å². The second-order valence-corrected chi connectivity index (χ2v) is 4.81. The van der Waals surface area contributed by atoms with Gasteiger partial charge < -0.3 is 9.84 Å². The van der Waals surface area contributed by atoms with Crippen LogP contribution in [0.25, 0.3) is 0 Å². The highest BCUT2D eigenvalue weighted by Crippen LogP contribution is 2.28. The third-order valence-electron chi connectivity index (χ3n) is 3.30. The molecule has 0 fully saturated rings. The molecule has 0 aliphatic carbocycles. The number of aliphatic hydroxyl groups excluding tert-OH is 1. The lowest BCUT2D eigenvalue weighted by Crippen LogP contribution is -2.20. The van der Waals surface area contributed by atoms with Crippen LogP contribution in [0.2, 0.25) is 0 Å². The first-order valence-electron chi connectivity index (χ1n) is 7.01. The van der Waals surface area contributed by atoms with Crippen LogP contribution < -0.4 is 4.74 Å². The second kappa shape index (κ2) is 7.95. The Bertz CT molecular complexity index is 383. The van der Waals surface area contributed by atoms with E-state index in [1.54, 1.807) is 6.92 Å². The van der Waals surface area contributed by atoms with Gasteiger partial charge in [-0.05, 0) is 38.0 Å². The zero-order valence-electron chi connectivity index (χ0n) is 12.1. The molecule has 0 saturated heterocycles. The van der Waals surface area contributed by atoms with Crippen LogP contribution in [0.3, 0.4) is 0 Å². The maximum Gasteiger partial charge on any atom is 0.135 e. The maximum absolute atomic E-state index is 11.6. The van der Waals surface area contributed by atoms with Crippen molar-refractivity contribution in [2.24, 2.45) is 5.92 Å². The third-order valence-corrected chi connectivity index (χ3v) is 3.30. The fourth-order valence-corrected chi connectivity index (χ4v) is 2.17. The largest absolute Gasteiger partial charge is 0.494 e. The smallest absolute Gasteiger partial charge is 0.135 e. The number of ketones is 1. The Labute approximate surface area is 115 Å². The predicted molar refractivity (Wildman–Crippen MR) is 76.3 cm³/mol. The Morgan fingerprint density at radius 3 is 2.37 bits per heavy atom. The van der Waals surface area contributed by atoms with E-state index in [1.807, 2.05) is 31.2 Å². The summed E-state index contributed by atoms with van der Waals surface area (Å²) in [6.45, 7) is 6.19. The van der Waals surface area contributed by atoms with E-state index < -0.39 is 6.10 Å². The normalized spacial score (nSPS) is 13.9. The first kappa shape index (κ1) is 15.7. The standard InChI is InChI=1S/C16H24O3/c1-4-6-7-15(12(3)17)16(18)13-8-10-14(11-9-13)19-5-2/h8-11,15-16,18H,4-7H2,1-3H3. The Balaban J connectivity index is 2.77. The highest BCUT2D eigenvalue weighted by atomic mass is 16.5. The van der Waals surface area contributed by atoms with E-state index in [1.165, 1.54) is 0 Å². The Morgan fingerprint density at radius 1 is 1.26 bits per heavy atom. The van der Waals surface area contributed by atoms with E-state index in [2.05, 4.69) is 6.92 Å². The number of rotatable bonds is 8. The van der Waals surface area contributed by atoms with Gasteiger partial charge in [0, 0.05) is 5.92 Å². The summed E-state index contributed by atoms with van der Waals surface area (Å²) in [7, 11) is 0. The molecule has 1 N–H and O–H groups in total. The topological polar surface area (TPSA) is 46.5 Å². The Kier molecular flexibility index (Phi) is 6.57. The van der Waals surface area contributed by atoms with E-state index in [4.69, 9.17) is 4.74 Å². The molecule has 2 unspecified atom stereocenters. The summed E-state index contributed by atoms with van der Waals surface area (Å²) < 4.78 is 5.36. The molecule has 106 valence electrons. The van der Waals surface area contributed by atoms with Crippen LogP contribution in [-0.2, 0) is 4.79 Å². The van der Waals surface area contributed by atoms with Crippen molar-refractivity contribution in [3.63, 3.8) is 0 Å². The molecule has 2 atom stereocenters. The lowest BCUT2D eigenvalue weighted by atomic mass is 9.88. The Hall–Kier alpha value is -1.35. The van der Waals surface area contributed by atoms with Gasteiger partial charge in [-0.1, -0.05) is 31.9 Å². The van der Waals surface area contributed by atoms with Gasteiger partial charge in [0.2, 0.25) is 0 Å². The van der Waals surface area contributed by atoms with E-state index in [-0.39, 0.29) is 11.7 Å². The van der Waals surface area contributed by atoms with Gasteiger partial charge in [-0.3, -0.25) is 4.79 Å². The van der Waals surface area contributed by atoms with Crippen LogP contribution in [0.5, 0.6) is 5.75 Å². The number of Topliss-reactive ketones (excluding diaryl/α,β-unsaturated/α-hetero) is 1. The number of hydrogen-bond donors (Lipinski definition) is 1. The number of benzene rings is 1. The average molecular weight is 264 g/mol. The maximum atomic E-state index is 11.6. The minimum absolute atomic E-state index is 0.0508. The highest BCUT2D eigenvalue weighted by molar-refractivity contribution is 5.79. The fourth-order valence-electron chi connectivity index (χ4n) is 2.17. The van der Waals surface area contributed by atoms with Crippen LogP contribution in [0.1, 0.15) is 51.7 Å². The number of hydrogen-bond acceptors (Lipinski definition) is 3. The zero-order chi connectivity index (χ0) is 14.3. The minimum atomic E-state index is -0.722. The first-order chi connectivity index (χ1) is 9.10. The van der Waals surface area contributed by atoms with E-state index in [0.717, 1.165) is 30.6 Å². The van der Waals surface area contributed by atoms with Gasteiger partial charge in [0.05, 0.1) is 12.7 Å². The Morgan fingerprint density at radius 2 is 1.89 bits per heavy atom. The van der Waals surface area contributed by atoms with Crippen molar-refractivity contribution in [1.82, 2.24) is 0 Å². The SMILES string of the molecule is CCCCC(C(C)=O)C(O)c1ccc(OCC)cc1. The van der Waals surface area contributed by atoms with Gasteiger partial charge in [0.15, 0.2) is 0 Å². The van der Waals surface area contributed by atoms with E-state index in [0.29, 0.717) is 6.61 Å². The average Bonchev–Trinajstić information content (AvgIpc) is 2.40. The highest BCUT2D eigenvalue weighted by Gasteiger charge is 2.24. The van der Waals surface area contributed by atoms with Crippen molar-refractivity contribution < 1.29 is 14.6 Å². The van der Waals surface area contributed by atoms with Crippen LogP contribution in [0.4, 0.5) is 0 Å². The number of aliphatic hydroxyl groups is 1. The molecule has 0 spiro atoms. The van der Waals surface area contributed by atoms with E-state index >= 15 is 0 Å². The van der Waals surface area contributed by atoms with Crippen LogP contribution in [-0.4, -0.2) is 17.5 Å². The predicted octanol–water partition coefficient (Wildman–Crippen LogP) is 3.51. The molecule has 0 radical (unpaired) electrons. The minimum Gasteiger partial charge on any atom is -0.494 e. The van der Waals surface area contributed by atoms with Crippen LogP contribution >= 0.6 is 0 Å². The molecule has 0 aliphatic heterocycles. The van der Waals surface area contributed by atoms with Gasteiger partial charge in [-0.25, -0.2) is 0 Å². The van der Waals surface area contributed by atoms with Crippen LogP contribution in [0, 0.1) is 5.92 Å². The number of carbonyl (C=O) groups is 1. The molecule has 1 aromatic rings. The molecule has 0 aliphatic rings. The molecule has 1 rings (SSSR count). The van der Waals surface area contributed by atoms with Gasteiger partial charge in [-0.2, -0.15) is 0 Å². The van der Waals surface area contributed by atoms with Crippen LogP contribution in [0.15, 0.2) is 24.3 Å². The summed E-state index contributed by atoms with van der Waals surface area (Å²) in [4.78, 5) is 11.6. The summed E-state index contributed by atoms with van der Waals surface area (Å²) in [5, 5.41) is 10.3. The molecule has 1 aromatic carbocycles. The molecule has 0 bridgehead atoms. The van der Waals surface area contributed by atoms with Crippen molar-refractivity contribution in [2.45, 2.75) is 46.1 Å². The van der Waals surface area contributed by atoms with E-state index in [9.17, 15) is 9.90 Å². The monoisotopic (exact) mass is 264 g/mol. The molecule has 3 nitrogen and oxygen atoms in total. The lowest BCUT2D eigenvalue weighted by Gasteiger charge is -2.21. The molecular formula is C16H24O3. The number of unbranched alkanes of at least 4 members (excludes halogenated alkanes) is 1. The quantitative estimate of drug-likeness (QED) is 0.781. The number of carbonyl (C=O) groups excluding carboxylic acids is 1. The molecule has 0 heterocycles. The molecule has 3 heteroatoms. The zero-order valence-corrected chi connectivity index (χ0v) is 12.1. The summed E-state index contributed by atoms with van der Waals surface area (Å²) in [6.07, 6.45) is 2.00. The summed E-state index contributed by atoms with van der Waals surface area (Å²) >= 11 is 0. The first-order valence-corrected chi connectivity index (χ1v) is 7.01. The third kappa shape index (κ3) is 4.67. The molecular weight excluding hydrogens is 240 g/mol. The molecule has 0 saturated carbocycles. The summed E-state index contributed by atoms with van der Waals surface area (Å²) in [6, 6.07) is 7.33. The van der Waals surface area contributed by atoms with Crippen molar-refractivity contribution in [3.8, 4) is 5.75 Å². The van der Waals surface area contributed by atoms with Gasteiger partial charge in [0.25, 0.3) is 0 Å². The fraction of sp³-hybridized carbons (Fsp3) is 0.562. The molecule has 19 heavy (non-hydrogen) atoms. The second-order valence-electron chi connectivity index (χ2n) is 4.81. The number of ether oxygens (including phenoxy) is 1. The summed E-state index contributed by atoms with van der Waals surface area (Å²) in [5.41, 5.74) is 0.778.